The van der Waals surface area contributed by atoms with E-state index >= 15 is 0 Å². The highest BCUT2D eigenvalue weighted by Crippen LogP contribution is 2.17. The highest BCUT2D eigenvalue weighted by atomic mass is 19.1. The summed E-state index contributed by atoms with van der Waals surface area (Å²) in [6.07, 6.45) is 3.90. The Hall–Kier alpha value is -1.35. The molecule has 3 heteroatoms. The van der Waals surface area contributed by atoms with Crippen molar-refractivity contribution in [2.24, 2.45) is 0 Å². The maximum Gasteiger partial charge on any atom is 0.134 e. The molecule has 0 aliphatic carbocycles. The van der Waals surface area contributed by atoms with E-state index in [4.69, 9.17) is 9.84 Å². The van der Waals surface area contributed by atoms with Gasteiger partial charge in [0.05, 0.1) is 7.11 Å². The fraction of sp³-hybridized carbons (Fsp3) is 0.273. The largest absolute Gasteiger partial charge is 0.497 e. The number of hydrogen-bond acceptors (Lipinski definition) is 2. The first-order chi connectivity index (χ1) is 6.77. The van der Waals surface area contributed by atoms with Gasteiger partial charge in [-0.1, -0.05) is 12.2 Å². The van der Waals surface area contributed by atoms with Crippen LogP contribution >= 0.6 is 0 Å². The van der Waals surface area contributed by atoms with Gasteiger partial charge in [-0.3, -0.25) is 0 Å². The number of rotatable bonds is 4. The van der Waals surface area contributed by atoms with Gasteiger partial charge in [-0.2, -0.15) is 0 Å². The standard InChI is InChI=1S/C11H13FO2/c1-14-10-6-5-9(11(12)8-10)4-2-3-7-13/h2,4-6,8,13H,3,7H2,1H3. The molecule has 1 N–H and O–H groups in total. The molecule has 0 amide bonds. The summed E-state index contributed by atoms with van der Waals surface area (Å²) in [6, 6.07) is 4.67. The van der Waals surface area contributed by atoms with Gasteiger partial charge in [-0.15, -0.1) is 0 Å². The molecule has 2 nitrogen and oxygen atoms in total. The third-order valence-electron chi connectivity index (χ3n) is 1.80. The first-order valence-corrected chi connectivity index (χ1v) is 4.39. The lowest BCUT2D eigenvalue weighted by molar-refractivity contribution is 0.303. The molecule has 0 spiro atoms. The average molecular weight is 196 g/mol. The van der Waals surface area contributed by atoms with Crippen LogP contribution < -0.4 is 4.74 Å². The Kier molecular flexibility index (Phi) is 4.13. The summed E-state index contributed by atoms with van der Waals surface area (Å²) in [6.45, 7) is 0.0777. The number of aliphatic hydroxyl groups excluding tert-OH is 1. The number of ether oxygens (including phenoxy) is 1. The van der Waals surface area contributed by atoms with Crippen molar-refractivity contribution < 1.29 is 14.2 Å². The highest BCUT2D eigenvalue weighted by Gasteiger charge is 1.99. The summed E-state index contributed by atoms with van der Waals surface area (Å²) in [7, 11) is 1.50. The van der Waals surface area contributed by atoms with Crippen LogP contribution in [0.2, 0.25) is 0 Å². The summed E-state index contributed by atoms with van der Waals surface area (Å²) in [5.41, 5.74) is 0.499. The first-order valence-electron chi connectivity index (χ1n) is 4.39. The van der Waals surface area contributed by atoms with Gasteiger partial charge in [0.15, 0.2) is 0 Å². The Morgan fingerprint density at radius 1 is 1.50 bits per heavy atom. The number of benzene rings is 1. The van der Waals surface area contributed by atoms with E-state index in [1.807, 2.05) is 0 Å². The molecular formula is C11H13FO2. The third kappa shape index (κ3) is 2.85. The maximum absolute atomic E-state index is 13.3. The van der Waals surface area contributed by atoms with Crippen molar-refractivity contribution in [2.45, 2.75) is 6.42 Å². The second kappa shape index (κ2) is 5.40. The molecule has 14 heavy (non-hydrogen) atoms. The number of methoxy groups -OCH3 is 1. The summed E-state index contributed by atoms with van der Waals surface area (Å²) in [5.74, 6) is 0.181. The molecular weight excluding hydrogens is 183 g/mol. The van der Waals surface area contributed by atoms with Gasteiger partial charge in [0.1, 0.15) is 11.6 Å². The Labute approximate surface area is 82.6 Å². The molecule has 0 saturated carbocycles. The summed E-state index contributed by atoms with van der Waals surface area (Å²) < 4.78 is 18.1. The Bertz CT molecular complexity index is 321. The second-order valence-electron chi connectivity index (χ2n) is 2.80. The molecule has 1 rings (SSSR count). The van der Waals surface area contributed by atoms with Crippen LogP contribution in [0.4, 0.5) is 4.39 Å². The van der Waals surface area contributed by atoms with E-state index in [-0.39, 0.29) is 12.4 Å². The number of halogens is 1. The molecule has 0 fully saturated rings. The lowest BCUT2D eigenvalue weighted by Gasteiger charge is -2.01. The molecule has 0 aliphatic rings. The van der Waals surface area contributed by atoms with E-state index in [2.05, 4.69) is 0 Å². The van der Waals surface area contributed by atoms with E-state index in [0.29, 0.717) is 17.7 Å². The molecule has 0 aromatic heterocycles. The van der Waals surface area contributed by atoms with E-state index < -0.39 is 0 Å². The molecule has 76 valence electrons. The van der Waals surface area contributed by atoms with Crippen molar-refractivity contribution in [3.63, 3.8) is 0 Å². The van der Waals surface area contributed by atoms with Crippen LogP contribution in [-0.4, -0.2) is 18.8 Å². The molecule has 0 aliphatic heterocycles. The fourth-order valence-electron chi connectivity index (χ4n) is 1.05. The zero-order valence-electron chi connectivity index (χ0n) is 8.03. The zero-order valence-corrected chi connectivity index (χ0v) is 8.03. The van der Waals surface area contributed by atoms with Gasteiger partial charge >= 0.3 is 0 Å². The number of hydrogen-bond donors (Lipinski definition) is 1. The fourth-order valence-corrected chi connectivity index (χ4v) is 1.05. The zero-order chi connectivity index (χ0) is 10.4. The van der Waals surface area contributed by atoms with Crippen LogP contribution in [0.15, 0.2) is 24.3 Å². The molecule has 0 heterocycles. The van der Waals surface area contributed by atoms with Gasteiger partial charge in [0.25, 0.3) is 0 Å². The van der Waals surface area contributed by atoms with Crippen LogP contribution in [0.1, 0.15) is 12.0 Å². The Balaban J connectivity index is 2.78. The highest BCUT2D eigenvalue weighted by molar-refractivity contribution is 5.51. The summed E-state index contributed by atoms with van der Waals surface area (Å²) in [5, 5.41) is 8.53. The lowest BCUT2D eigenvalue weighted by atomic mass is 10.2. The maximum atomic E-state index is 13.3. The Morgan fingerprint density at radius 3 is 2.86 bits per heavy atom. The van der Waals surface area contributed by atoms with Crippen molar-refractivity contribution in [3.05, 3.63) is 35.7 Å². The van der Waals surface area contributed by atoms with Crippen LogP contribution in [0.5, 0.6) is 5.75 Å². The van der Waals surface area contributed by atoms with Gasteiger partial charge in [-0.25, -0.2) is 4.39 Å². The van der Waals surface area contributed by atoms with E-state index in [0.717, 1.165) is 0 Å². The summed E-state index contributed by atoms with van der Waals surface area (Å²) >= 11 is 0. The molecule has 0 bridgehead atoms. The first kappa shape index (κ1) is 10.7. The van der Waals surface area contributed by atoms with Gasteiger partial charge < -0.3 is 9.84 Å². The number of aliphatic hydroxyl groups is 1. The van der Waals surface area contributed by atoms with Crippen molar-refractivity contribution in [1.82, 2.24) is 0 Å². The molecule has 0 atom stereocenters. The van der Waals surface area contributed by atoms with Crippen LogP contribution in [0.25, 0.3) is 6.08 Å². The van der Waals surface area contributed by atoms with E-state index in [1.54, 1.807) is 24.3 Å². The normalized spacial score (nSPS) is 10.8. The molecule has 0 saturated heterocycles. The van der Waals surface area contributed by atoms with Crippen molar-refractivity contribution in [1.29, 1.82) is 0 Å². The monoisotopic (exact) mass is 196 g/mol. The second-order valence-corrected chi connectivity index (χ2v) is 2.80. The predicted octanol–water partition coefficient (Wildman–Crippen LogP) is 2.23. The van der Waals surface area contributed by atoms with Crippen molar-refractivity contribution in [2.75, 3.05) is 13.7 Å². The van der Waals surface area contributed by atoms with Crippen LogP contribution in [0, 0.1) is 5.82 Å². The minimum Gasteiger partial charge on any atom is -0.497 e. The van der Waals surface area contributed by atoms with Gasteiger partial charge in [-0.05, 0) is 18.6 Å². The minimum absolute atomic E-state index is 0.0777. The Morgan fingerprint density at radius 2 is 2.29 bits per heavy atom. The van der Waals surface area contributed by atoms with Crippen molar-refractivity contribution >= 4 is 6.08 Å². The van der Waals surface area contributed by atoms with Crippen molar-refractivity contribution in [3.8, 4) is 5.75 Å². The molecule has 0 unspecified atom stereocenters. The molecule has 0 radical (unpaired) electrons. The van der Waals surface area contributed by atoms with Gasteiger partial charge in [0, 0.05) is 18.2 Å². The molecule has 1 aromatic rings. The van der Waals surface area contributed by atoms with Gasteiger partial charge in [0.2, 0.25) is 0 Å². The summed E-state index contributed by atoms with van der Waals surface area (Å²) in [4.78, 5) is 0. The molecule has 1 aromatic carbocycles. The topological polar surface area (TPSA) is 29.5 Å². The van der Waals surface area contributed by atoms with E-state index in [1.165, 1.54) is 13.2 Å². The smallest absolute Gasteiger partial charge is 0.134 e. The predicted molar refractivity (Wildman–Crippen MR) is 53.7 cm³/mol. The lowest BCUT2D eigenvalue weighted by Crippen LogP contribution is -1.87. The quantitative estimate of drug-likeness (QED) is 0.800. The third-order valence-corrected chi connectivity index (χ3v) is 1.80. The average Bonchev–Trinajstić information content (AvgIpc) is 2.20. The van der Waals surface area contributed by atoms with Crippen LogP contribution in [-0.2, 0) is 0 Å². The van der Waals surface area contributed by atoms with Crippen LogP contribution in [0.3, 0.4) is 0 Å². The van der Waals surface area contributed by atoms with E-state index in [9.17, 15) is 4.39 Å². The SMILES string of the molecule is COc1ccc(C=CCCO)c(F)c1. The minimum atomic E-state index is -0.321.